The largest absolute Gasteiger partial charge is 0.377 e. The molecule has 1 rings (SSSR count). The second-order valence-electron chi connectivity index (χ2n) is 3.45. The quantitative estimate of drug-likeness (QED) is 0.537. The van der Waals surface area contributed by atoms with Crippen molar-refractivity contribution in [3.8, 4) is 0 Å². The second kappa shape index (κ2) is 7.66. The predicted molar refractivity (Wildman–Crippen MR) is 68.1 cm³/mol. The first-order chi connectivity index (χ1) is 7.33. The lowest BCUT2D eigenvalue weighted by atomic mass is 10.1. The van der Waals surface area contributed by atoms with Gasteiger partial charge in [0, 0.05) is 11.1 Å². The van der Waals surface area contributed by atoms with E-state index in [1.165, 1.54) is 12.0 Å². The third-order valence-electron chi connectivity index (χ3n) is 2.15. The van der Waals surface area contributed by atoms with Gasteiger partial charge < -0.3 is 4.74 Å². The van der Waals surface area contributed by atoms with E-state index >= 15 is 0 Å². The van der Waals surface area contributed by atoms with Crippen molar-refractivity contribution in [3.63, 3.8) is 0 Å². The molecule has 1 nitrogen and oxygen atoms in total. The van der Waals surface area contributed by atoms with Gasteiger partial charge in [0.15, 0.2) is 0 Å². The standard InChI is InChI=1S/C13H17BrO/c1-2-10-15-11-4-3-5-12-6-8-13(14)9-7-12/h2,6-9H,1,3-5,10-11H2. The van der Waals surface area contributed by atoms with Crippen LogP contribution in [0.4, 0.5) is 0 Å². The van der Waals surface area contributed by atoms with Gasteiger partial charge in [0.25, 0.3) is 0 Å². The van der Waals surface area contributed by atoms with E-state index in [0.29, 0.717) is 6.61 Å². The summed E-state index contributed by atoms with van der Waals surface area (Å²) in [5, 5.41) is 0. The molecule has 0 heterocycles. The first-order valence-electron chi connectivity index (χ1n) is 5.26. The Morgan fingerprint density at radius 1 is 1.20 bits per heavy atom. The summed E-state index contributed by atoms with van der Waals surface area (Å²) in [7, 11) is 0. The first-order valence-corrected chi connectivity index (χ1v) is 6.05. The minimum atomic E-state index is 0.665. The fraction of sp³-hybridized carbons (Fsp3) is 0.385. The number of ether oxygens (including phenoxy) is 1. The lowest BCUT2D eigenvalue weighted by Crippen LogP contribution is -1.95. The molecule has 0 fully saturated rings. The van der Waals surface area contributed by atoms with E-state index in [1.807, 2.05) is 0 Å². The number of hydrogen-bond acceptors (Lipinski definition) is 1. The SMILES string of the molecule is C=CCOCCCCc1ccc(Br)cc1. The van der Waals surface area contributed by atoms with Crippen molar-refractivity contribution in [2.24, 2.45) is 0 Å². The van der Waals surface area contributed by atoms with E-state index in [4.69, 9.17) is 4.74 Å². The summed E-state index contributed by atoms with van der Waals surface area (Å²) in [4.78, 5) is 0. The Bertz CT molecular complexity index is 279. The molecule has 15 heavy (non-hydrogen) atoms. The Morgan fingerprint density at radius 2 is 1.93 bits per heavy atom. The Kier molecular flexibility index (Phi) is 6.37. The Balaban J connectivity index is 2.09. The van der Waals surface area contributed by atoms with Crippen LogP contribution in [0.5, 0.6) is 0 Å². The molecule has 2 heteroatoms. The fourth-order valence-electron chi connectivity index (χ4n) is 1.35. The Labute approximate surface area is 100 Å². The highest BCUT2D eigenvalue weighted by atomic mass is 79.9. The van der Waals surface area contributed by atoms with Crippen LogP contribution in [0.15, 0.2) is 41.4 Å². The molecule has 0 aliphatic rings. The summed E-state index contributed by atoms with van der Waals surface area (Å²) in [6, 6.07) is 8.50. The fourth-order valence-corrected chi connectivity index (χ4v) is 1.62. The van der Waals surface area contributed by atoms with Gasteiger partial charge in [-0.15, -0.1) is 6.58 Å². The molecule has 0 atom stereocenters. The van der Waals surface area contributed by atoms with Crippen molar-refractivity contribution in [2.75, 3.05) is 13.2 Å². The molecule has 0 aliphatic heterocycles. The molecule has 0 unspecified atom stereocenters. The summed E-state index contributed by atoms with van der Waals surface area (Å²) in [6.45, 7) is 5.11. The Morgan fingerprint density at radius 3 is 2.60 bits per heavy atom. The van der Waals surface area contributed by atoms with Gasteiger partial charge in [-0.3, -0.25) is 0 Å². The van der Waals surface area contributed by atoms with Crippen molar-refractivity contribution in [2.45, 2.75) is 19.3 Å². The van der Waals surface area contributed by atoms with Crippen LogP contribution < -0.4 is 0 Å². The maximum atomic E-state index is 5.31. The van der Waals surface area contributed by atoms with Crippen LogP contribution in [0.1, 0.15) is 18.4 Å². The lowest BCUT2D eigenvalue weighted by Gasteiger charge is -2.02. The summed E-state index contributed by atoms with van der Waals surface area (Å²) >= 11 is 3.43. The molecule has 1 aromatic carbocycles. The normalized spacial score (nSPS) is 10.2. The predicted octanol–water partition coefficient (Wildman–Crippen LogP) is 3.97. The number of halogens is 1. The maximum Gasteiger partial charge on any atom is 0.0644 e. The smallest absolute Gasteiger partial charge is 0.0644 e. The van der Waals surface area contributed by atoms with E-state index < -0.39 is 0 Å². The summed E-state index contributed by atoms with van der Waals surface area (Å²) < 4.78 is 6.45. The van der Waals surface area contributed by atoms with E-state index in [0.717, 1.165) is 23.9 Å². The molecule has 0 aromatic heterocycles. The molecule has 0 spiro atoms. The van der Waals surface area contributed by atoms with Crippen LogP contribution >= 0.6 is 15.9 Å². The molecule has 0 radical (unpaired) electrons. The summed E-state index contributed by atoms with van der Waals surface area (Å²) in [6.07, 6.45) is 5.21. The zero-order chi connectivity index (χ0) is 10.9. The molecule has 0 saturated heterocycles. The minimum Gasteiger partial charge on any atom is -0.377 e. The van der Waals surface area contributed by atoms with Gasteiger partial charge in [-0.1, -0.05) is 34.1 Å². The molecule has 0 saturated carbocycles. The van der Waals surface area contributed by atoms with Gasteiger partial charge >= 0.3 is 0 Å². The van der Waals surface area contributed by atoms with Gasteiger partial charge in [0.05, 0.1) is 6.61 Å². The molecular weight excluding hydrogens is 252 g/mol. The van der Waals surface area contributed by atoms with Gasteiger partial charge in [-0.05, 0) is 37.0 Å². The zero-order valence-corrected chi connectivity index (χ0v) is 10.5. The van der Waals surface area contributed by atoms with Crippen LogP contribution in [0.25, 0.3) is 0 Å². The third-order valence-corrected chi connectivity index (χ3v) is 2.68. The monoisotopic (exact) mass is 268 g/mol. The van der Waals surface area contributed by atoms with Crippen LogP contribution in [-0.4, -0.2) is 13.2 Å². The zero-order valence-electron chi connectivity index (χ0n) is 8.92. The molecular formula is C13H17BrO. The minimum absolute atomic E-state index is 0.665. The van der Waals surface area contributed by atoms with Crippen molar-refractivity contribution >= 4 is 15.9 Å². The molecule has 82 valence electrons. The van der Waals surface area contributed by atoms with E-state index in [2.05, 4.69) is 46.8 Å². The van der Waals surface area contributed by atoms with Crippen molar-refractivity contribution in [1.82, 2.24) is 0 Å². The maximum absolute atomic E-state index is 5.31. The summed E-state index contributed by atoms with van der Waals surface area (Å²) in [5.74, 6) is 0. The van der Waals surface area contributed by atoms with Crippen LogP contribution in [-0.2, 0) is 11.2 Å². The number of benzene rings is 1. The molecule has 0 N–H and O–H groups in total. The van der Waals surface area contributed by atoms with E-state index in [9.17, 15) is 0 Å². The molecule has 0 aliphatic carbocycles. The van der Waals surface area contributed by atoms with Gasteiger partial charge in [0.1, 0.15) is 0 Å². The number of hydrogen-bond donors (Lipinski definition) is 0. The molecule has 0 amide bonds. The van der Waals surface area contributed by atoms with E-state index in [1.54, 1.807) is 6.08 Å². The Hall–Kier alpha value is -0.600. The second-order valence-corrected chi connectivity index (χ2v) is 4.36. The topological polar surface area (TPSA) is 9.23 Å². The van der Waals surface area contributed by atoms with Crippen molar-refractivity contribution < 1.29 is 4.74 Å². The number of aryl methyl sites for hydroxylation is 1. The van der Waals surface area contributed by atoms with E-state index in [-0.39, 0.29) is 0 Å². The average molecular weight is 269 g/mol. The third kappa shape index (κ3) is 5.75. The van der Waals surface area contributed by atoms with Gasteiger partial charge in [-0.2, -0.15) is 0 Å². The number of rotatable bonds is 7. The highest BCUT2D eigenvalue weighted by Crippen LogP contribution is 2.12. The highest BCUT2D eigenvalue weighted by Gasteiger charge is 1.93. The first kappa shape index (κ1) is 12.5. The highest BCUT2D eigenvalue weighted by molar-refractivity contribution is 9.10. The van der Waals surface area contributed by atoms with Crippen molar-refractivity contribution in [1.29, 1.82) is 0 Å². The lowest BCUT2D eigenvalue weighted by molar-refractivity contribution is 0.158. The average Bonchev–Trinajstić information content (AvgIpc) is 2.26. The van der Waals surface area contributed by atoms with Crippen LogP contribution in [0, 0.1) is 0 Å². The van der Waals surface area contributed by atoms with Crippen LogP contribution in [0.2, 0.25) is 0 Å². The molecule has 0 bridgehead atoms. The molecule has 1 aromatic rings. The number of unbranched alkanes of at least 4 members (excludes halogenated alkanes) is 1. The van der Waals surface area contributed by atoms with Crippen LogP contribution in [0.3, 0.4) is 0 Å². The van der Waals surface area contributed by atoms with Crippen molar-refractivity contribution in [3.05, 3.63) is 47.0 Å². The van der Waals surface area contributed by atoms with Gasteiger partial charge in [-0.25, -0.2) is 0 Å². The summed E-state index contributed by atoms with van der Waals surface area (Å²) in [5.41, 5.74) is 1.39. The van der Waals surface area contributed by atoms with Gasteiger partial charge in [0.2, 0.25) is 0 Å².